The maximum atomic E-state index is 12.4. The summed E-state index contributed by atoms with van der Waals surface area (Å²) in [4.78, 5) is 15.6. The second-order valence-electron chi connectivity index (χ2n) is 6.21. The highest BCUT2D eigenvalue weighted by molar-refractivity contribution is 5.92. The summed E-state index contributed by atoms with van der Waals surface area (Å²) in [6.07, 6.45) is 4.53. The van der Waals surface area contributed by atoms with Gasteiger partial charge in [-0.2, -0.15) is 5.10 Å². The molecule has 0 spiro atoms. The van der Waals surface area contributed by atoms with Crippen LogP contribution in [0.15, 0.2) is 67.0 Å². The van der Waals surface area contributed by atoms with E-state index >= 15 is 0 Å². The van der Waals surface area contributed by atoms with Crippen LogP contribution >= 0.6 is 0 Å². The smallest absolute Gasteiger partial charge is 0.271 e. The fourth-order valence-corrected chi connectivity index (χ4v) is 3.06. The van der Waals surface area contributed by atoms with E-state index in [1.165, 1.54) is 10.9 Å². The first kappa shape index (κ1) is 16.9. The first-order chi connectivity index (χ1) is 13.2. The molecule has 0 saturated carbocycles. The lowest BCUT2D eigenvalue weighted by atomic mass is 10.1. The lowest BCUT2D eigenvalue weighted by Crippen LogP contribution is -2.26. The second kappa shape index (κ2) is 7.37. The number of para-hydroxylation sites is 1. The second-order valence-corrected chi connectivity index (χ2v) is 6.21. The van der Waals surface area contributed by atoms with Crippen molar-refractivity contribution in [3.8, 4) is 11.4 Å². The number of fused-ring (bicyclic) bond motifs is 1. The number of ether oxygens (including phenoxy) is 1. The minimum atomic E-state index is -0.179. The number of aromatic nitrogens is 3. The zero-order chi connectivity index (χ0) is 18.6. The van der Waals surface area contributed by atoms with Crippen molar-refractivity contribution in [3.05, 3.63) is 78.2 Å². The average molecular weight is 360 g/mol. The minimum absolute atomic E-state index is 0.179. The highest BCUT2D eigenvalue weighted by Crippen LogP contribution is 2.18. The fraction of sp³-hybridized carbons (Fsp3) is 0.143. The molecule has 0 bridgehead atoms. The van der Waals surface area contributed by atoms with E-state index in [2.05, 4.69) is 21.5 Å². The van der Waals surface area contributed by atoms with Crippen LogP contribution in [0.25, 0.3) is 16.6 Å². The zero-order valence-electron chi connectivity index (χ0n) is 15.0. The lowest BCUT2D eigenvalue weighted by Gasteiger charge is -2.04. The molecule has 4 rings (SSSR count). The third kappa shape index (κ3) is 3.55. The summed E-state index contributed by atoms with van der Waals surface area (Å²) in [5, 5.41) is 8.49. The molecule has 2 N–H and O–H groups in total. The largest absolute Gasteiger partial charge is 0.497 e. The van der Waals surface area contributed by atoms with Crippen LogP contribution in [0.2, 0.25) is 0 Å². The topological polar surface area (TPSA) is 71.9 Å². The molecular formula is C21H20N4O2. The Balaban J connectivity index is 1.38. The Morgan fingerprint density at radius 3 is 2.78 bits per heavy atom. The number of H-pyrrole nitrogens is 1. The van der Waals surface area contributed by atoms with Gasteiger partial charge >= 0.3 is 0 Å². The van der Waals surface area contributed by atoms with Crippen LogP contribution in [0.4, 0.5) is 0 Å². The highest BCUT2D eigenvalue weighted by atomic mass is 16.5. The molecule has 4 aromatic rings. The van der Waals surface area contributed by atoms with Gasteiger partial charge in [0.05, 0.1) is 12.8 Å². The number of rotatable bonds is 6. The van der Waals surface area contributed by atoms with Gasteiger partial charge in [-0.3, -0.25) is 4.79 Å². The summed E-state index contributed by atoms with van der Waals surface area (Å²) in [6, 6.07) is 17.4. The molecule has 27 heavy (non-hydrogen) atoms. The summed E-state index contributed by atoms with van der Waals surface area (Å²) in [5.41, 5.74) is 3.56. The quantitative estimate of drug-likeness (QED) is 0.554. The number of carbonyl (C=O) groups excluding carboxylic acids is 1. The van der Waals surface area contributed by atoms with Crippen molar-refractivity contribution >= 4 is 16.8 Å². The first-order valence-corrected chi connectivity index (χ1v) is 8.78. The molecule has 0 aliphatic carbocycles. The van der Waals surface area contributed by atoms with Gasteiger partial charge in [0.25, 0.3) is 5.91 Å². The van der Waals surface area contributed by atoms with E-state index in [-0.39, 0.29) is 5.91 Å². The van der Waals surface area contributed by atoms with E-state index in [1.54, 1.807) is 24.1 Å². The molecule has 0 fully saturated rings. The van der Waals surface area contributed by atoms with Crippen LogP contribution in [0.3, 0.4) is 0 Å². The molecule has 0 saturated heterocycles. The molecule has 6 nitrogen and oxygen atoms in total. The van der Waals surface area contributed by atoms with E-state index in [0.29, 0.717) is 12.2 Å². The van der Waals surface area contributed by atoms with Gasteiger partial charge in [0.15, 0.2) is 5.69 Å². The molecule has 136 valence electrons. The number of hydrogen-bond acceptors (Lipinski definition) is 3. The predicted octanol–water partition coefficient (Wildman–Crippen LogP) is 3.33. The maximum absolute atomic E-state index is 12.4. The monoisotopic (exact) mass is 360 g/mol. The SMILES string of the molecule is COc1ccc(-n2ccc(C(=O)NCCc3c[nH]c4ccccc34)n2)cc1. The fourth-order valence-electron chi connectivity index (χ4n) is 3.06. The number of methoxy groups -OCH3 is 1. The third-order valence-electron chi connectivity index (χ3n) is 4.51. The first-order valence-electron chi connectivity index (χ1n) is 8.78. The summed E-state index contributed by atoms with van der Waals surface area (Å²) in [5.74, 6) is 0.600. The van der Waals surface area contributed by atoms with Gasteiger partial charge in [0, 0.05) is 29.8 Å². The van der Waals surface area contributed by atoms with Crippen molar-refractivity contribution in [1.29, 1.82) is 0 Å². The van der Waals surface area contributed by atoms with Gasteiger partial charge < -0.3 is 15.0 Å². The van der Waals surface area contributed by atoms with E-state index < -0.39 is 0 Å². The molecule has 2 heterocycles. The normalized spacial score (nSPS) is 10.9. The molecule has 2 aromatic heterocycles. The van der Waals surface area contributed by atoms with Crippen LogP contribution in [0.5, 0.6) is 5.75 Å². The van der Waals surface area contributed by atoms with Gasteiger partial charge in [-0.05, 0) is 48.4 Å². The number of amides is 1. The molecule has 1 amide bonds. The van der Waals surface area contributed by atoms with Crippen molar-refractivity contribution in [3.63, 3.8) is 0 Å². The Hall–Kier alpha value is -3.54. The molecular weight excluding hydrogens is 340 g/mol. The van der Waals surface area contributed by atoms with Crippen molar-refractivity contribution in [1.82, 2.24) is 20.1 Å². The Bertz CT molecular complexity index is 1060. The summed E-state index contributed by atoms with van der Waals surface area (Å²) in [6.45, 7) is 0.552. The Labute approximate surface area is 156 Å². The van der Waals surface area contributed by atoms with Crippen LogP contribution in [0.1, 0.15) is 16.1 Å². The standard InChI is InChI=1S/C21H20N4O2/c1-27-17-8-6-16(7-9-17)25-13-11-20(24-25)21(26)22-12-10-15-14-23-19-5-3-2-4-18(15)19/h2-9,11,13-14,23H,10,12H2,1H3,(H,22,26). The Kier molecular flexibility index (Phi) is 4.61. The highest BCUT2D eigenvalue weighted by Gasteiger charge is 2.10. The van der Waals surface area contributed by atoms with Crippen molar-refractivity contribution < 1.29 is 9.53 Å². The number of nitrogens with zero attached hydrogens (tertiary/aromatic N) is 2. The Morgan fingerprint density at radius 1 is 1.15 bits per heavy atom. The van der Waals surface area contributed by atoms with Crippen molar-refractivity contribution in [2.24, 2.45) is 0 Å². The van der Waals surface area contributed by atoms with Gasteiger partial charge in [-0.15, -0.1) is 0 Å². The average Bonchev–Trinajstić information content (AvgIpc) is 3.36. The van der Waals surface area contributed by atoms with E-state index in [1.807, 2.05) is 48.7 Å². The van der Waals surface area contributed by atoms with Crippen molar-refractivity contribution in [2.75, 3.05) is 13.7 Å². The molecule has 0 aliphatic rings. The van der Waals surface area contributed by atoms with Gasteiger partial charge in [0.2, 0.25) is 0 Å². The molecule has 0 aliphatic heterocycles. The summed E-state index contributed by atoms with van der Waals surface area (Å²) in [7, 11) is 1.63. The third-order valence-corrected chi connectivity index (χ3v) is 4.51. The maximum Gasteiger partial charge on any atom is 0.271 e. The lowest BCUT2D eigenvalue weighted by molar-refractivity contribution is 0.0948. The molecule has 6 heteroatoms. The molecule has 0 radical (unpaired) electrons. The number of carbonyl (C=O) groups is 1. The minimum Gasteiger partial charge on any atom is -0.497 e. The number of benzene rings is 2. The number of nitrogens with one attached hydrogen (secondary N) is 2. The predicted molar refractivity (Wildman–Crippen MR) is 104 cm³/mol. The van der Waals surface area contributed by atoms with Crippen LogP contribution in [-0.4, -0.2) is 34.3 Å². The van der Waals surface area contributed by atoms with Gasteiger partial charge in [0.1, 0.15) is 5.75 Å². The molecule has 0 atom stereocenters. The number of hydrogen-bond donors (Lipinski definition) is 2. The summed E-state index contributed by atoms with van der Waals surface area (Å²) >= 11 is 0. The zero-order valence-corrected chi connectivity index (χ0v) is 15.0. The van der Waals surface area contributed by atoms with Gasteiger partial charge in [-0.25, -0.2) is 4.68 Å². The van der Waals surface area contributed by atoms with E-state index in [4.69, 9.17) is 4.74 Å². The molecule has 0 unspecified atom stereocenters. The van der Waals surface area contributed by atoms with Crippen molar-refractivity contribution in [2.45, 2.75) is 6.42 Å². The number of aromatic amines is 1. The summed E-state index contributed by atoms with van der Waals surface area (Å²) < 4.78 is 6.83. The Morgan fingerprint density at radius 2 is 1.96 bits per heavy atom. The van der Waals surface area contributed by atoms with Gasteiger partial charge in [-0.1, -0.05) is 18.2 Å². The van der Waals surface area contributed by atoms with E-state index in [0.717, 1.165) is 23.4 Å². The van der Waals surface area contributed by atoms with Crippen LogP contribution in [-0.2, 0) is 6.42 Å². The molecule has 2 aromatic carbocycles. The van der Waals surface area contributed by atoms with Crippen LogP contribution < -0.4 is 10.1 Å². The van der Waals surface area contributed by atoms with E-state index in [9.17, 15) is 4.79 Å². The van der Waals surface area contributed by atoms with Crippen LogP contribution in [0, 0.1) is 0 Å².